The molecule has 2 aromatic carbocycles. The van der Waals surface area contributed by atoms with E-state index in [4.69, 9.17) is 17.0 Å². The highest BCUT2D eigenvalue weighted by molar-refractivity contribution is 8.08. The first kappa shape index (κ1) is 32.8. The minimum absolute atomic E-state index is 0.268. The Morgan fingerprint density at radius 2 is 1.64 bits per heavy atom. The monoisotopic (exact) mass is 613 g/mol. The smallest absolute Gasteiger partial charge is 0.201 e. The molecule has 0 spiro atoms. The van der Waals surface area contributed by atoms with E-state index in [2.05, 4.69) is 59.4 Å². The fourth-order valence-electron chi connectivity index (χ4n) is 5.42. The number of anilines is 3. The summed E-state index contributed by atoms with van der Waals surface area (Å²) in [6.07, 6.45) is 7.62. The van der Waals surface area contributed by atoms with Gasteiger partial charge in [-0.15, -0.1) is 11.6 Å². The molecule has 0 aliphatic carbocycles. The van der Waals surface area contributed by atoms with Crippen LogP contribution in [0.3, 0.4) is 0 Å². The number of hydrogen-bond donors (Lipinski definition) is 2. The highest BCUT2D eigenvalue weighted by Crippen LogP contribution is 2.39. The molecular weight excluding hydrogens is 570 g/mol. The molecule has 2 aliphatic heterocycles. The zero-order valence-corrected chi connectivity index (χ0v) is 26.8. The van der Waals surface area contributed by atoms with Gasteiger partial charge in [-0.1, -0.05) is 56.5 Å². The highest BCUT2D eigenvalue weighted by atomic mass is 32.2. The van der Waals surface area contributed by atoms with E-state index >= 15 is 0 Å². The van der Waals surface area contributed by atoms with Gasteiger partial charge in [0.2, 0.25) is 5.78 Å². The summed E-state index contributed by atoms with van der Waals surface area (Å²) >= 11 is 1.20. The van der Waals surface area contributed by atoms with Crippen molar-refractivity contribution in [2.45, 2.75) is 26.7 Å². The molecule has 4 rings (SSSR count). The number of piperidine rings is 1. The average molecular weight is 614 g/mol. The third-order valence-electron chi connectivity index (χ3n) is 8.28. The number of carbonyl (C=O) groups excluding carboxylic acids is 1. The minimum atomic E-state index is -0.268. The van der Waals surface area contributed by atoms with E-state index in [-0.39, 0.29) is 5.78 Å². The van der Waals surface area contributed by atoms with Crippen LogP contribution in [0, 0.1) is 18.3 Å². The molecule has 8 nitrogen and oxygen atoms in total. The van der Waals surface area contributed by atoms with Gasteiger partial charge in [-0.2, -0.15) is 0 Å². The second kappa shape index (κ2) is 14.6. The average Bonchev–Trinajstić information content (AvgIpc) is 3.05. The molecule has 232 valence electrons. The van der Waals surface area contributed by atoms with E-state index in [1.54, 1.807) is 19.1 Å². The second-order valence-corrected chi connectivity index (χ2v) is 12.4. The fraction of sp³-hybridized carbons (Fsp3) is 0.343. The molecule has 0 radical (unpaired) electrons. The van der Waals surface area contributed by atoms with Crippen LogP contribution in [0.5, 0.6) is 0 Å². The van der Waals surface area contributed by atoms with Gasteiger partial charge >= 0.3 is 0 Å². The van der Waals surface area contributed by atoms with Crippen LogP contribution in [0.1, 0.15) is 42.6 Å². The SMILES string of the molecule is C#CC(=C)N1CCN(c2ccc(C(=C)C(=C)S/C(C(=O)c3ccc(N4CCC(C)CC4)c(N(O)OC)c3)=C(\C)N)cc2)CC1. The van der Waals surface area contributed by atoms with Crippen LogP contribution >= 0.6 is 11.8 Å². The van der Waals surface area contributed by atoms with Crippen molar-refractivity contribution in [3.63, 3.8) is 0 Å². The Kier molecular flexibility index (Phi) is 10.9. The topological polar surface area (TPSA) is 85.5 Å². The van der Waals surface area contributed by atoms with E-state index < -0.39 is 0 Å². The van der Waals surface area contributed by atoms with Gasteiger partial charge in [0.25, 0.3) is 0 Å². The summed E-state index contributed by atoms with van der Waals surface area (Å²) in [5.41, 5.74) is 11.7. The number of carbonyl (C=O) groups is 1. The van der Waals surface area contributed by atoms with Gasteiger partial charge < -0.3 is 20.4 Å². The summed E-state index contributed by atoms with van der Waals surface area (Å²) in [5.74, 6) is 3.01. The molecule has 2 aliphatic rings. The van der Waals surface area contributed by atoms with Crippen molar-refractivity contribution >= 4 is 40.2 Å². The molecule has 2 fully saturated rings. The molecule has 0 bridgehead atoms. The molecule has 9 heteroatoms. The number of thioether (sulfide) groups is 1. The first-order chi connectivity index (χ1) is 21.0. The van der Waals surface area contributed by atoms with Crippen LogP contribution in [-0.4, -0.2) is 62.3 Å². The third kappa shape index (κ3) is 7.51. The summed E-state index contributed by atoms with van der Waals surface area (Å²) in [5, 5.41) is 11.2. The Labute approximate surface area is 266 Å². The number of ketones is 1. The van der Waals surface area contributed by atoms with Crippen LogP contribution in [-0.2, 0) is 4.84 Å². The van der Waals surface area contributed by atoms with Crippen molar-refractivity contribution < 1.29 is 14.8 Å². The zero-order chi connectivity index (χ0) is 32.0. The lowest BCUT2D eigenvalue weighted by Gasteiger charge is -2.37. The number of terminal acetylenes is 1. The summed E-state index contributed by atoms with van der Waals surface area (Å²) in [6.45, 7) is 21.5. The molecular formula is C35H43N5O3S. The molecule has 3 N–H and O–H groups in total. The molecule has 0 atom stereocenters. The van der Waals surface area contributed by atoms with Crippen LogP contribution in [0.2, 0.25) is 0 Å². The van der Waals surface area contributed by atoms with Gasteiger partial charge in [0.05, 0.1) is 23.4 Å². The van der Waals surface area contributed by atoms with Crippen molar-refractivity contribution in [3.05, 3.63) is 94.5 Å². The third-order valence-corrected chi connectivity index (χ3v) is 9.48. The van der Waals surface area contributed by atoms with E-state index in [1.807, 2.05) is 18.2 Å². The second-order valence-electron chi connectivity index (χ2n) is 11.3. The van der Waals surface area contributed by atoms with Crippen LogP contribution in [0.4, 0.5) is 17.1 Å². The fourth-order valence-corrected chi connectivity index (χ4v) is 6.27. The lowest BCUT2D eigenvalue weighted by Crippen LogP contribution is -2.45. The number of hydrogen-bond acceptors (Lipinski definition) is 9. The quantitative estimate of drug-likeness (QED) is 0.1000. The largest absolute Gasteiger partial charge is 0.401 e. The lowest BCUT2D eigenvalue weighted by atomic mass is 9.98. The number of allylic oxidation sites excluding steroid dienone is 4. The number of Topliss-reactive ketones (excluding diaryl/α,β-unsaturated/α-hetero) is 1. The van der Waals surface area contributed by atoms with Crippen LogP contribution in [0.15, 0.2) is 83.4 Å². The molecule has 0 aromatic heterocycles. The Morgan fingerprint density at radius 1 is 1.02 bits per heavy atom. The van der Waals surface area contributed by atoms with Crippen LogP contribution in [0.25, 0.3) is 5.57 Å². The Bertz CT molecular complexity index is 1470. The zero-order valence-electron chi connectivity index (χ0n) is 26.0. The summed E-state index contributed by atoms with van der Waals surface area (Å²) in [6, 6.07) is 13.4. The van der Waals surface area contributed by atoms with Gasteiger partial charge in [0, 0.05) is 61.1 Å². The van der Waals surface area contributed by atoms with Gasteiger partial charge in [-0.25, -0.2) is 0 Å². The Hall–Kier alpha value is -4.10. The minimum Gasteiger partial charge on any atom is -0.401 e. The van der Waals surface area contributed by atoms with Crippen molar-refractivity contribution in [2.75, 3.05) is 61.4 Å². The summed E-state index contributed by atoms with van der Waals surface area (Å²) in [4.78, 5) is 26.5. The molecule has 44 heavy (non-hydrogen) atoms. The Balaban J connectivity index is 1.46. The lowest BCUT2D eigenvalue weighted by molar-refractivity contribution is -0.0107. The van der Waals surface area contributed by atoms with Crippen molar-refractivity contribution in [3.8, 4) is 12.3 Å². The number of nitrogens with two attached hydrogens (primary N) is 1. The maximum Gasteiger partial charge on any atom is 0.201 e. The van der Waals surface area contributed by atoms with E-state index in [9.17, 15) is 10.0 Å². The maximum absolute atomic E-state index is 13.8. The number of benzene rings is 2. The number of nitrogens with zero attached hydrogens (tertiary/aromatic N) is 4. The van der Waals surface area contributed by atoms with Crippen LogP contribution < -0.4 is 20.8 Å². The predicted octanol–water partition coefficient (Wildman–Crippen LogP) is 6.28. The molecule has 0 unspecified atom stereocenters. The Morgan fingerprint density at radius 3 is 2.20 bits per heavy atom. The highest BCUT2D eigenvalue weighted by Gasteiger charge is 2.25. The maximum atomic E-state index is 13.8. The number of piperazine rings is 1. The molecule has 0 saturated carbocycles. The van der Waals surface area contributed by atoms with E-state index in [1.165, 1.54) is 18.9 Å². The van der Waals surface area contributed by atoms with Crippen molar-refractivity contribution in [1.29, 1.82) is 0 Å². The van der Waals surface area contributed by atoms with Gasteiger partial charge in [-0.3, -0.25) is 14.8 Å². The molecule has 2 heterocycles. The normalized spacial score (nSPS) is 16.2. The number of rotatable bonds is 11. The van der Waals surface area contributed by atoms with Gasteiger partial charge in [0.1, 0.15) is 5.69 Å². The first-order valence-corrected chi connectivity index (χ1v) is 15.6. The van der Waals surface area contributed by atoms with Gasteiger partial charge in [0.15, 0.2) is 0 Å². The van der Waals surface area contributed by atoms with E-state index in [0.29, 0.717) is 43.5 Å². The first-order valence-electron chi connectivity index (χ1n) is 14.8. The predicted molar refractivity (Wildman–Crippen MR) is 184 cm³/mol. The molecule has 2 saturated heterocycles. The summed E-state index contributed by atoms with van der Waals surface area (Å²) in [7, 11) is 1.38. The molecule has 2 aromatic rings. The van der Waals surface area contributed by atoms with Crippen molar-refractivity contribution in [1.82, 2.24) is 4.90 Å². The molecule has 0 amide bonds. The standard InChI is InChI=1S/C35H43N5O3S/c1-8-25(3)37-19-21-38(22-20-37)31-12-9-29(10-13-31)26(4)28(6)44-35(27(5)36)34(41)30-11-14-32(33(23-30)40(42)43-7)39-17-15-24(2)16-18-39/h1,9-14,23-24,42H,3-4,6,15-22,36H2,2,5,7H3/b35-27+. The van der Waals surface area contributed by atoms with E-state index in [0.717, 1.165) is 74.7 Å². The van der Waals surface area contributed by atoms with Gasteiger partial charge in [-0.05, 0) is 67.2 Å². The van der Waals surface area contributed by atoms with Crippen molar-refractivity contribution in [2.24, 2.45) is 11.7 Å². The summed E-state index contributed by atoms with van der Waals surface area (Å²) < 4.78 is 0.